The van der Waals surface area contributed by atoms with Crippen molar-refractivity contribution in [2.75, 3.05) is 23.3 Å². The van der Waals surface area contributed by atoms with Crippen LogP contribution in [0.1, 0.15) is 27.9 Å². The number of halogens is 1. The van der Waals surface area contributed by atoms with E-state index in [9.17, 15) is 14.0 Å². The molecule has 0 unspecified atom stereocenters. The largest absolute Gasteiger partial charge is 0.324 e. The van der Waals surface area contributed by atoms with E-state index in [2.05, 4.69) is 11.4 Å². The number of nitrogens with one attached hydrogen (secondary N) is 1. The Morgan fingerprint density at radius 3 is 2.50 bits per heavy atom. The Morgan fingerprint density at radius 2 is 1.78 bits per heavy atom. The van der Waals surface area contributed by atoms with Crippen LogP contribution in [-0.4, -0.2) is 29.9 Å². The van der Waals surface area contributed by atoms with Gasteiger partial charge in [-0.3, -0.25) is 9.69 Å². The van der Waals surface area contributed by atoms with Crippen LogP contribution in [0.3, 0.4) is 0 Å². The predicted molar refractivity (Wildman–Crippen MR) is 120 cm³/mol. The Balaban J connectivity index is 1.46. The van der Waals surface area contributed by atoms with Crippen molar-refractivity contribution >= 4 is 23.3 Å². The standard InChI is InChI=1S/C25H21FN4O2/c26-21-11-9-20(10-12-21)24(31)28-22-3-1-4-23(15-22)30-14-2-13-29(25(30)32)17-19-7-5-18(16-27)6-8-19/h1,3-12,15H,2,13-14,17H2,(H,28,31). The minimum absolute atomic E-state index is 0.109. The van der Waals surface area contributed by atoms with Gasteiger partial charge in [-0.25, -0.2) is 9.18 Å². The van der Waals surface area contributed by atoms with Crippen LogP contribution < -0.4 is 10.2 Å². The van der Waals surface area contributed by atoms with Crippen molar-refractivity contribution < 1.29 is 14.0 Å². The second-order valence-corrected chi connectivity index (χ2v) is 7.53. The van der Waals surface area contributed by atoms with Crippen LogP contribution in [0.5, 0.6) is 0 Å². The normalized spacial score (nSPS) is 13.6. The van der Waals surface area contributed by atoms with E-state index in [-0.39, 0.29) is 11.9 Å². The number of carbonyl (C=O) groups is 2. The van der Waals surface area contributed by atoms with E-state index >= 15 is 0 Å². The summed E-state index contributed by atoms with van der Waals surface area (Å²) < 4.78 is 13.1. The van der Waals surface area contributed by atoms with Gasteiger partial charge in [0.15, 0.2) is 0 Å². The zero-order valence-electron chi connectivity index (χ0n) is 17.3. The molecule has 1 aliphatic heterocycles. The van der Waals surface area contributed by atoms with Gasteiger partial charge in [0, 0.05) is 36.6 Å². The zero-order valence-corrected chi connectivity index (χ0v) is 17.3. The molecule has 1 saturated heterocycles. The van der Waals surface area contributed by atoms with Crippen molar-refractivity contribution in [3.63, 3.8) is 0 Å². The number of carbonyl (C=O) groups excluding carboxylic acids is 2. The van der Waals surface area contributed by atoms with Crippen LogP contribution in [0, 0.1) is 17.1 Å². The van der Waals surface area contributed by atoms with Gasteiger partial charge in [-0.15, -0.1) is 0 Å². The highest BCUT2D eigenvalue weighted by Gasteiger charge is 2.27. The maximum Gasteiger partial charge on any atom is 0.324 e. The maximum atomic E-state index is 13.1. The van der Waals surface area contributed by atoms with Crippen molar-refractivity contribution in [2.45, 2.75) is 13.0 Å². The Bertz CT molecular complexity index is 1170. The topological polar surface area (TPSA) is 76.4 Å². The molecule has 0 radical (unpaired) electrons. The van der Waals surface area contributed by atoms with Crippen LogP contribution in [-0.2, 0) is 6.54 Å². The van der Waals surface area contributed by atoms with Gasteiger partial charge in [-0.05, 0) is 66.6 Å². The van der Waals surface area contributed by atoms with Gasteiger partial charge < -0.3 is 10.2 Å². The minimum atomic E-state index is -0.405. The fourth-order valence-electron chi connectivity index (χ4n) is 3.63. The van der Waals surface area contributed by atoms with E-state index in [1.54, 1.807) is 40.1 Å². The first-order valence-electron chi connectivity index (χ1n) is 10.3. The molecule has 1 N–H and O–H groups in total. The molecular weight excluding hydrogens is 407 g/mol. The molecule has 0 bridgehead atoms. The highest BCUT2D eigenvalue weighted by molar-refractivity contribution is 6.04. The summed E-state index contributed by atoms with van der Waals surface area (Å²) in [7, 11) is 0. The Labute approximate surface area is 185 Å². The highest BCUT2D eigenvalue weighted by Crippen LogP contribution is 2.25. The third kappa shape index (κ3) is 4.76. The molecule has 32 heavy (non-hydrogen) atoms. The van der Waals surface area contributed by atoms with Crippen molar-refractivity contribution in [2.24, 2.45) is 0 Å². The molecule has 0 atom stereocenters. The van der Waals surface area contributed by atoms with Crippen LogP contribution in [0.15, 0.2) is 72.8 Å². The second-order valence-electron chi connectivity index (χ2n) is 7.53. The molecule has 3 amide bonds. The molecule has 0 aromatic heterocycles. The molecule has 6 nitrogen and oxygen atoms in total. The lowest BCUT2D eigenvalue weighted by Crippen LogP contribution is -2.49. The summed E-state index contributed by atoms with van der Waals surface area (Å²) >= 11 is 0. The molecule has 3 aromatic carbocycles. The van der Waals surface area contributed by atoms with Gasteiger partial charge in [0.1, 0.15) is 5.82 Å². The van der Waals surface area contributed by atoms with Gasteiger partial charge >= 0.3 is 6.03 Å². The third-order valence-corrected chi connectivity index (χ3v) is 5.29. The zero-order chi connectivity index (χ0) is 22.5. The monoisotopic (exact) mass is 428 g/mol. The molecule has 1 fully saturated rings. The molecule has 1 aliphatic rings. The molecule has 3 aromatic rings. The van der Waals surface area contributed by atoms with Crippen molar-refractivity contribution in [1.82, 2.24) is 4.90 Å². The summed E-state index contributed by atoms with van der Waals surface area (Å²) in [5, 5.41) is 11.7. The first-order chi connectivity index (χ1) is 15.5. The fraction of sp³-hybridized carbons (Fsp3) is 0.160. The fourth-order valence-corrected chi connectivity index (χ4v) is 3.63. The van der Waals surface area contributed by atoms with Gasteiger partial charge in [-0.2, -0.15) is 5.26 Å². The average molecular weight is 428 g/mol. The average Bonchev–Trinajstić information content (AvgIpc) is 2.81. The number of nitriles is 1. The third-order valence-electron chi connectivity index (χ3n) is 5.29. The summed E-state index contributed by atoms with van der Waals surface area (Å²) in [5.41, 5.74) is 3.13. The van der Waals surface area contributed by atoms with Gasteiger partial charge in [0.05, 0.1) is 11.6 Å². The van der Waals surface area contributed by atoms with Gasteiger partial charge in [0.25, 0.3) is 5.91 Å². The van der Waals surface area contributed by atoms with Crippen molar-refractivity contribution in [3.05, 3.63) is 95.3 Å². The number of amides is 3. The SMILES string of the molecule is N#Cc1ccc(CN2CCCN(c3cccc(NC(=O)c4ccc(F)cc4)c3)C2=O)cc1. The number of hydrogen-bond donors (Lipinski definition) is 1. The van der Waals surface area contributed by atoms with E-state index in [1.807, 2.05) is 18.2 Å². The summed E-state index contributed by atoms with van der Waals surface area (Å²) in [6, 6.07) is 21.6. The Morgan fingerprint density at radius 1 is 1.03 bits per heavy atom. The van der Waals surface area contributed by atoms with Crippen molar-refractivity contribution in [1.29, 1.82) is 5.26 Å². The number of hydrogen-bond acceptors (Lipinski definition) is 3. The molecule has 0 aliphatic carbocycles. The first kappa shape index (κ1) is 21.1. The summed E-state index contributed by atoms with van der Waals surface area (Å²) in [6.07, 6.45) is 0.814. The lowest BCUT2D eigenvalue weighted by Gasteiger charge is -2.36. The lowest BCUT2D eigenvalue weighted by atomic mass is 10.1. The van der Waals surface area contributed by atoms with Crippen LogP contribution >= 0.6 is 0 Å². The molecule has 160 valence electrons. The maximum absolute atomic E-state index is 13.1. The number of nitrogens with zero attached hydrogens (tertiary/aromatic N) is 3. The molecule has 1 heterocycles. The summed E-state index contributed by atoms with van der Waals surface area (Å²) in [6.45, 7) is 1.69. The lowest BCUT2D eigenvalue weighted by molar-refractivity contribution is 0.102. The minimum Gasteiger partial charge on any atom is -0.322 e. The van der Waals surface area contributed by atoms with Crippen LogP contribution in [0.4, 0.5) is 20.6 Å². The first-order valence-corrected chi connectivity index (χ1v) is 10.3. The van der Waals surface area contributed by atoms with Crippen molar-refractivity contribution in [3.8, 4) is 6.07 Å². The molecule has 0 saturated carbocycles. The molecule has 7 heteroatoms. The number of urea groups is 1. The molecular formula is C25H21FN4O2. The quantitative estimate of drug-likeness (QED) is 0.635. The predicted octanol–water partition coefficient (Wildman–Crippen LogP) is 4.78. The molecule has 4 rings (SSSR count). The van der Waals surface area contributed by atoms with E-state index in [4.69, 9.17) is 5.26 Å². The van der Waals surface area contributed by atoms with E-state index < -0.39 is 5.82 Å². The Hall–Kier alpha value is -4.18. The summed E-state index contributed by atoms with van der Waals surface area (Å²) in [4.78, 5) is 29.0. The second kappa shape index (κ2) is 9.31. The Kier molecular flexibility index (Phi) is 6.13. The highest BCUT2D eigenvalue weighted by atomic mass is 19.1. The van der Waals surface area contributed by atoms with Gasteiger partial charge in [-0.1, -0.05) is 18.2 Å². The number of benzene rings is 3. The number of anilines is 2. The number of rotatable bonds is 5. The van der Waals surface area contributed by atoms with E-state index in [1.165, 1.54) is 24.3 Å². The molecule has 0 spiro atoms. The van der Waals surface area contributed by atoms with Crippen LogP contribution in [0.25, 0.3) is 0 Å². The summed E-state index contributed by atoms with van der Waals surface area (Å²) in [5.74, 6) is -0.757. The van der Waals surface area contributed by atoms with Crippen LogP contribution in [0.2, 0.25) is 0 Å². The van der Waals surface area contributed by atoms with E-state index in [0.717, 1.165) is 12.0 Å². The van der Waals surface area contributed by atoms with Gasteiger partial charge in [0.2, 0.25) is 0 Å². The smallest absolute Gasteiger partial charge is 0.322 e. The van der Waals surface area contributed by atoms with E-state index in [0.29, 0.717) is 42.1 Å².